The van der Waals surface area contributed by atoms with Crippen LogP contribution in [0.4, 0.5) is 0 Å². The minimum atomic E-state index is -0.773. The summed E-state index contributed by atoms with van der Waals surface area (Å²) in [5.41, 5.74) is 0. The highest BCUT2D eigenvalue weighted by atomic mass is 16.6. The quantitative estimate of drug-likeness (QED) is 0.0262. The van der Waals surface area contributed by atoms with E-state index in [4.69, 9.17) is 14.2 Å². The van der Waals surface area contributed by atoms with Gasteiger partial charge >= 0.3 is 17.9 Å². The maximum absolute atomic E-state index is 12.8. The molecular formula is C62H114O6. The van der Waals surface area contributed by atoms with Gasteiger partial charge in [0, 0.05) is 19.3 Å². The maximum Gasteiger partial charge on any atom is 0.306 e. The molecule has 0 spiro atoms. The fourth-order valence-corrected chi connectivity index (χ4v) is 8.86. The van der Waals surface area contributed by atoms with E-state index in [1.54, 1.807) is 0 Å². The lowest BCUT2D eigenvalue weighted by atomic mass is 10.0. The molecule has 0 aliphatic rings. The van der Waals surface area contributed by atoms with E-state index in [1.165, 1.54) is 199 Å². The second-order valence-corrected chi connectivity index (χ2v) is 20.3. The number of hydrogen-bond acceptors (Lipinski definition) is 6. The molecule has 0 aromatic heterocycles. The molecule has 398 valence electrons. The second-order valence-electron chi connectivity index (χ2n) is 20.3. The van der Waals surface area contributed by atoms with Crippen LogP contribution in [0.15, 0.2) is 36.5 Å². The number of rotatable bonds is 55. The first-order valence-electron chi connectivity index (χ1n) is 30.0. The third-order valence-corrected chi connectivity index (χ3v) is 13.4. The third kappa shape index (κ3) is 54.6. The molecule has 0 radical (unpaired) electrons. The van der Waals surface area contributed by atoms with Crippen LogP contribution in [0.1, 0.15) is 323 Å². The molecule has 0 N–H and O–H groups in total. The van der Waals surface area contributed by atoms with E-state index in [-0.39, 0.29) is 31.1 Å². The Bertz CT molecular complexity index is 1140. The SMILES string of the molecule is CCCCCCC/C=C\C/C=C\C/C=C\CCCCCCCCC(=O)OC(COC(=O)CCCCCCC)COC(=O)CCCCCCCCCCCCCCCCCCCCCCCCCC. The van der Waals surface area contributed by atoms with E-state index >= 15 is 0 Å². The molecule has 0 saturated heterocycles. The largest absolute Gasteiger partial charge is 0.462 e. The first-order valence-corrected chi connectivity index (χ1v) is 30.0. The predicted octanol–water partition coefficient (Wildman–Crippen LogP) is 20.0. The van der Waals surface area contributed by atoms with Crippen molar-refractivity contribution in [3.8, 4) is 0 Å². The maximum atomic E-state index is 12.8. The van der Waals surface area contributed by atoms with E-state index in [0.717, 1.165) is 83.5 Å². The number of allylic oxidation sites excluding steroid dienone is 6. The Labute approximate surface area is 423 Å². The van der Waals surface area contributed by atoms with Gasteiger partial charge in [-0.25, -0.2) is 0 Å². The van der Waals surface area contributed by atoms with Crippen molar-refractivity contribution in [3.63, 3.8) is 0 Å². The Hall–Kier alpha value is -2.37. The molecule has 0 heterocycles. The van der Waals surface area contributed by atoms with Gasteiger partial charge in [-0.05, 0) is 57.8 Å². The average Bonchev–Trinajstić information content (AvgIpc) is 3.34. The molecule has 0 saturated carbocycles. The smallest absolute Gasteiger partial charge is 0.306 e. The van der Waals surface area contributed by atoms with Gasteiger partial charge in [0.05, 0.1) is 0 Å². The Balaban J connectivity index is 4.06. The molecule has 0 aliphatic carbocycles. The van der Waals surface area contributed by atoms with E-state index in [0.29, 0.717) is 19.3 Å². The molecular weight excluding hydrogens is 841 g/mol. The monoisotopic (exact) mass is 955 g/mol. The summed E-state index contributed by atoms with van der Waals surface area (Å²) in [7, 11) is 0. The van der Waals surface area contributed by atoms with E-state index < -0.39 is 6.10 Å². The number of carbonyl (C=O) groups is 3. The van der Waals surface area contributed by atoms with Crippen LogP contribution in [0.25, 0.3) is 0 Å². The van der Waals surface area contributed by atoms with Crippen molar-refractivity contribution in [1.29, 1.82) is 0 Å². The summed E-state index contributed by atoms with van der Waals surface area (Å²) < 4.78 is 16.7. The predicted molar refractivity (Wildman–Crippen MR) is 293 cm³/mol. The molecule has 0 aromatic rings. The molecule has 0 amide bonds. The van der Waals surface area contributed by atoms with Gasteiger partial charge in [-0.15, -0.1) is 0 Å². The summed E-state index contributed by atoms with van der Waals surface area (Å²) in [6.45, 7) is 6.58. The summed E-state index contributed by atoms with van der Waals surface area (Å²) in [5, 5.41) is 0. The zero-order chi connectivity index (χ0) is 49.3. The highest BCUT2D eigenvalue weighted by molar-refractivity contribution is 5.71. The number of carbonyl (C=O) groups excluding carboxylic acids is 3. The van der Waals surface area contributed by atoms with Crippen molar-refractivity contribution in [2.75, 3.05) is 13.2 Å². The Morgan fingerprint density at radius 2 is 0.529 bits per heavy atom. The van der Waals surface area contributed by atoms with Crippen LogP contribution in [0, 0.1) is 0 Å². The van der Waals surface area contributed by atoms with Crippen LogP contribution in [0.2, 0.25) is 0 Å². The lowest BCUT2D eigenvalue weighted by molar-refractivity contribution is -0.167. The van der Waals surface area contributed by atoms with Gasteiger partial charge in [0.2, 0.25) is 0 Å². The summed E-state index contributed by atoms with van der Waals surface area (Å²) in [5.74, 6) is -0.885. The number of ether oxygens (including phenoxy) is 3. The zero-order valence-electron chi connectivity index (χ0n) is 45.6. The Morgan fingerprint density at radius 1 is 0.294 bits per heavy atom. The van der Waals surface area contributed by atoms with Gasteiger partial charge in [-0.3, -0.25) is 14.4 Å². The van der Waals surface area contributed by atoms with Crippen LogP contribution in [0.3, 0.4) is 0 Å². The number of unbranched alkanes of at least 4 members (excludes halogenated alkanes) is 38. The summed E-state index contributed by atoms with van der Waals surface area (Å²) >= 11 is 0. The van der Waals surface area contributed by atoms with E-state index in [9.17, 15) is 14.4 Å². The van der Waals surface area contributed by atoms with E-state index in [2.05, 4.69) is 57.2 Å². The molecule has 6 heteroatoms. The van der Waals surface area contributed by atoms with Gasteiger partial charge in [0.1, 0.15) is 13.2 Å². The first kappa shape index (κ1) is 65.6. The molecule has 6 nitrogen and oxygen atoms in total. The highest BCUT2D eigenvalue weighted by Gasteiger charge is 2.19. The first-order chi connectivity index (χ1) is 33.5. The minimum Gasteiger partial charge on any atom is -0.462 e. The lowest BCUT2D eigenvalue weighted by Crippen LogP contribution is -2.30. The molecule has 0 aliphatic heterocycles. The summed E-state index contributed by atoms with van der Waals surface area (Å²) in [6, 6.07) is 0. The van der Waals surface area contributed by atoms with Crippen LogP contribution in [-0.4, -0.2) is 37.2 Å². The van der Waals surface area contributed by atoms with Crippen molar-refractivity contribution in [2.45, 2.75) is 329 Å². The lowest BCUT2D eigenvalue weighted by Gasteiger charge is -2.18. The Morgan fingerprint density at radius 3 is 0.824 bits per heavy atom. The zero-order valence-corrected chi connectivity index (χ0v) is 45.6. The van der Waals surface area contributed by atoms with Crippen molar-refractivity contribution in [3.05, 3.63) is 36.5 Å². The highest BCUT2D eigenvalue weighted by Crippen LogP contribution is 2.17. The van der Waals surface area contributed by atoms with Gasteiger partial charge in [0.25, 0.3) is 0 Å². The normalized spacial score (nSPS) is 12.2. The molecule has 68 heavy (non-hydrogen) atoms. The summed E-state index contributed by atoms with van der Waals surface area (Å²) in [4.78, 5) is 37.8. The molecule has 0 fully saturated rings. The molecule has 1 unspecified atom stereocenters. The van der Waals surface area contributed by atoms with Gasteiger partial charge < -0.3 is 14.2 Å². The fourth-order valence-electron chi connectivity index (χ4n) is 8.86. The van der Waals surface area contributed by atoms with Gasteiger partial charge in [0.15, 0.2) is 6.10 Å². The molecule has 0 rings (SSSR count). The van der Waals surface area contributed by atoms with Crippen molar-refractivity contribution < 1.29 is 28.6 Å². The van der Waals surface area contributed by atoms with Crippen molar-refractivity contribution >= 4 is 17.9 Å². The molecule has 1 atom stereocenters. The second kappa shape index (κ2) is 57.2. The van der Waals surface area contributed by atoms with Crippen molar-refractivity contribution in [2.24, 2.45) is 0 Å². The van der Waals surface area contributed by atoms with Crippen molar-refractivity contribution in [1.82, 2.24) is 0 Å². The van der Waals surface area contributed by atoms with Gasteiger partial charge in [-0.1, -0.05) is 282 Å². The minimum absolute atomic E-state index is 0.0743. The number of hydrogen-bond donors (Lipinski definition) is 0. The standard InChI is InChI=1S/C62H114O6/c1-4-7-10-13-15-17-19-21-23-25-27-29-30-31-33-34-36-38-40-42-44-46-49-52-55-61(64)67-58-59(57-66-60(63)54-51-48-12-9-6-3)68-62(65)56-53-50-47-45-43-41-39-37-35-32-28-26-24-22-20-18-16-14-11-8-5-2/h20,22,26,28,35,37,59H,4-19,21,23-25,27,29-34,36,38-58H2,1-3H3/b22-20-,28-26-,37-35-. The number of esters is 3. The van der Waals surface area contributed by atoms with Crippen LogP contribution in [0.5, 0.6) is 0 Å². The summed E-state index contributed by atoms with van der Waals surface area (Å²) in [6.07, 6.45) is 69.1. The van der Waals surface area contributed by atoms with Gasteiger partial charge in [-0.2, -0.15) is 0 Å². The topological polar surface area (TPSA) is 78.9 Å². The average molecular weight is 956 g/mol. The Kier molecular flexibility index (Phi) is 55.2. The third-order valence-electron chi connectivity index (χ3n) is 13.4. The molecule has 0 bridgehead atoms. The molecule has 0 aromatic carbocycles. The van der Waals surface area contributed by atoms with Crippen LogP contribution < -0.4 is 0 Å². The van der Waals surface area contributed by atoms with Crippen LogP contribution in [-0.2, 0) is 28.6 Å². The fraction of sp³-hybridized carbons (Fsp3) is 0.855. The van der Waals surface area contributed by atoms with E-state index in [1.807, 2.05) is 0 Å². The van der Waals surface area contributed by atoms with Crippen LogP contribution >= 0.6 is 0 Å².